The van der Waals surface area contributed by atoms with Gasteiger partial charge in [0, 0.05) is 19.8 Å². The van der Waals surface area contributed by atoms with Crippen LogP contribution in [0, 0.1) is 0 Å². The summed E-state index contributed by atoms with van der Waals surface area (Å²) in [6.07, 6.45) is 3.09. The third kappa shape index (κ3) is 5.08. The molecule has 0 aromatic rings. The first-order valence-corrected chi connectivity index (χ1v) is 4.51. The number of nitrogens with zero attached hydrogens (tertiary/aromatic N) is 1. The minimum Gasteiger partial charge on any atom is -0.313 e. The van der Waals surface area contributed by atoms with Gasteiger partial charge >= 0.3 is 0 Å². The highest BCUT2D eigenvalue weighted by Gasteiger charge is 1.92. The second-order valence-corrected chi connectivity index (χ2v) is 3.03. The van der Waals surface area contributed by atoms with Gasteiger partial charge in [0.15, 0.2) is 0 Å². The van der Waals surface area contributed by atoms with Crippen LogP contribution in [0.5, 0.6) is 0 Å². The Labute approximate surface area is 75.8 Å². The van der Waals surface area contributed by atoms with Crippen LogP contribution in [0.15, 0.2) is 16.1 Å². The molecule has 12 heavy (non-hydrogen) atoms. The van der Waals surface area contributed by atoms with Gasteiger partial charge in [0.1, 0.15) is 0 Å². The molecule has 0 saturated heterocycles. The molecule has 0 bridgehead atoms. The van der Waals surface area contributed by atoms with Crippen LogP contribution in [0.25, 0.3) is 0 Å². The smallest absolute Gasteiger partial charge is 0.0277 e. The van der Waals surface area contributed by atoms with E-state index in [1.807, 2.05) is 6.21 Å². The van der Waals surface area contributed by atoms with E-state index in [9.17, 15) is 0 Å². The predicted octanol–water partition coefficient (Wildman–Crippen LogP) is 2.02. The Bertz CT molecular complexity index is 169. The average molecular weight is 168 g/mol. The van der Waals surface area contributed by atoms with Gasteiger partial charge in [-0.05, 0) is 32.4 Å². The number of rotatable bonds is 5. The summed E-state index contributed by atoms with van der Waals surface area (Å²) in [4.78, 5) is 3.97. The van der Waals surface area contributed by atoms with Gasteiger partial charge in [-0.2, -0.15) is 0 Å². The molecule has 0 aliphatic carbocycles. The van der Waals surface area contributed by atoms with E-state index in [1.165, 1.54) is 17.6 Å². The Hall–Kier alpha value is -0.630. The Morgan fingerprint density at radius 2 is 2.08 bits per heavy atom. The van der Waals surface area contributed by atoms with Crippen molar-refractivity contribution in [2.24, 2.45) is 4.99 Å². The Morgan fingerprint density at radius 1 is 1.42 bits per heavy atom. The summed E-state index contributed by atoms with van der Waals surface area (Å²) in [5, 5.41) is 3.35. The van der Waals surface area contributed by atoms with Gasteiger partial charge in [0.2, 0.25) is 0 Å². The number of aliphatic imine (C=N–C) groups is 1. The molecule has 0 aromatic heterocycles. The fraction of sp³-hybridized carbons (Fsp3) is 0.700. The molecule has 0 heterocycles. The molecule has 0 aliphatic heterocycles. The van der Waals surface area contributed by atoms with Crippen molar-refractivity contribution < 1.29 is 0 Å². The van der Waals surface area contributed by atoms with Gasteiger partial charge < -0.3 is 5.32 Å². The summed E-state index contributed by atoms with van der Waals surface area (Å²) in [6, 6.07) is 0. The lowest BCUT2D eigenvalue weighted by Crippen LogP contribution is -2.17. The lowest BCUT2D eigenvalue weighted by Gasteiger charge is -2.04. The van der Waals surface area contributed by atoms with Gasteiger partial charge in [-0.25, -0.2) is 0 Å². The highest BCUT2D eigenvalue weighted by atomic mass is 14.8. The molecule has 2 heteroatoms. The largest absolute Gasteiger partial charge is 0.313 e. The molecule has 0 aliphatic rings. The van der Waals surface area contributed by atoms with E-state index in [0.29, 0.717) is 0 Å². The molecule has 1 N–H and O–H groups in total. The summed E-state index contributed by atoms with van der Waals surface area (Å²) in [7, 11) is 1.80. The standard InChI is InChI=1S/C10H20N2/c1-5-6-12-8-10(3)9(2)7-11-4/h7,12H,5-6,8H2,1-4H3/b10-9+,11-7?. The Kier molecular flexibility index (Phi) is 6.67. The summed E-state index contributed by atoms with van der Waals surface area (Å²) < 4.78 is 0. The van der Waals surface area contributed by atoms with E-state index >= 15 is 0 Å². The van der Waals surface area contributed by atoms with Crippen molar-refractivity contribution in [3.8, 4) is 0 Å². The van der Waals surface area contributed by atoms with Gasteiger partial charge in [0.05, 0.1) is 0 Å². The van der Waals surface area contributed by atoms with Gasteiger partial charge in [-0.1, -0.05) is 12.5 Å². The molecular formula is C10H20N2. The van der Waals surface area contributed by atoms with Gasteiger partial charge in [0.25, 0.3) is 0 Å². The second kappa shape index (κ2) is 7.04. The summed E-state index contributed by atoms with van der Waals surface area (Å²) in [5.74, 6) is 0. The topological polar surface area (TPSA) is 24.4 Å². The number of hydrogen-bond acceptors (Lipinski definition) is 2. The first-order chi connectivity index (χ1) is 5.72. The van der Waals surface area contributed by atoms with Crippen molar-refractivity contribution in [1.29, 1.82) is 0 Å². The molecule has 0 amide bonds. The maximum absolute atomic E-state index is 3.97. The highest BCUT2D eigenvalue weighted by molar-refractivity contribution is 5.78. The molecule has 0 aromatic carbocycles. The van der Waals surface area contributed by atoms with E-state index < -0.39 is 0 Å². The summed E-state index contributed by atoms with van der Waals surface area (Å²) >= 11 is 0. The van der Waals surface area contributed by atoms with Crippen molar-refractivity contribution in [2.75, 3.05) is 20.1 Å². The zero-order valence-corrected chi connectivity index (χ0v) is 8.65. The van der Waals surface area contributed by atoms with Crippen LogP contribution in [0.3, 0.4) is 0 Å². The Balaban J connectivity index is 3.82. The van der Waals surface area contributed by atoms with E-state index in [2.05, 4.69) is 31.1 Å². The van der Waals surface area contributed by atoms with Gasteiger partial charge in [-0.3, -0.25) is 4.99 Å². The minimum atomic E-state index is 0.978. The van der Waals surface area contributed by atoms with Crippen molar-refractivity contribution in [3.05, 3.63) is 11.1 Å². The SMILES string of the molecule is CCCNC/C(C)=C(\C)C=NC. The predicted molar refractivity (Wildman–Crippen MR) is 56.0 cm³/mol. The van der Waals surface area contributed by atoms with Gasteiger partial charge in [-0.15, -0.1) is 0 Å². The van der Waals surface area contributed by atoms with Crippen molar-refractivity contribution in [1.82, 2.24) is 5.32 Å². The molecule has 0 unspecified atom stereocenters. The lowest BCUT2D eigenvalue weighted by molar-refractivity contribution is 0.712. The van der Waals surface area contributed by atoms with Crippen LogP contribution in [-0.2, 0) is 0 Å². The molecule has 70 valence electrons. The first kappa shape index (κ1) is 11.4. The third-order valence-electron chi connectivity index (χ3n) is 1.81. The summed E-state index contributed by atoms with van der Waals surface area (Å²) in [6.45, 7) is 8.47. The maximum atomic E-state index is 3.97. The number of allylic oxidation sites excluding steroid dienone is 1. The number of nitrogens with one attached hydrogen (secondary N) is 1. The fourth-order valence-corrected chi connectivity index (χ4v) is 0.896. The number of hydrogen-bond donors (Lipinski definition) is 1. The normalized spacial score (nSPS) is 13.7. The van der Waals surface area contributed by atoms with Crippen LogP contribution in [0.2, 0.25) is 0 Å². The summed E-state index contributed by atoms with van der Waals surface area (Å²) in [5.41, 5.74) is 2.63. The first-order valence-electron chi connectivity index (χ1n) is 4.51. The van der Waals surface area contributed by atoms with Crippen molar-refractivity contribution in [3.63, 3.8) is 0 Å². The third-order valence-corrected chi connectivity index (χ3v) is 1.81. The van der Waals surface area contributed by atoms with Crippen LogP contribution in [0.1, 0.15) is 27.2 Å². The van der Waals surface area contributed by atoms with E-state index in [4.69, 9.17) is 0 Å². The monoisotopic (exact) mass is 168 g/mol. The molecular weight excluding hydrogens is 148 g/mol. The van der Waals surface area contributed by atoms with Crippen LogP contribution >= 0.6 is 0 Å². The second-order valence-electron chi connectivity index (χ2n) is 3.03. The van der Waals surface area contributed by atoms with Crippen molar-refractivity contribution in [2.45, 2.75) is 27.2 Å². The lowest BCUT2D eigenvalue weighted by atomic mass is 10.1. The van der Waals surface area contributed by atoms with Crippen LogP contribution < -0.4 is 5.32 Å². The fourth-order valence-electron chi connectivity index (χ4n) is 0.896. The minimum absolute atomic E-state index is 0.978. The van der Waals surface area contributed by atoms with E-state index in [1.54, 1.807) is 7.05 Å². The Morgan fingerprint density at radius 3 is 2.58 bits per heavy atom. The zero-order chi connectivity index (χ0) is 9.40. The van der Waals surface area contributed by atoms with E-state index in [0.717, 1.165) is 13.1 Å². The molecule has 0 spiro atoms. The molecule has 2 nitrogen and oxygen atoms in total. The average Bonchev–Trinajstić information content (AvgIpc) is 2.05. The quantitative estimate of drug-likeness (QED) is 0.493. The molecule has 0 rings (SSSR count). The van der Waals surface area contributed by atoms with Crippen LogP contribution in [0.4, 0.5) is 0 Å². The molecule has 0 fully saturated rings. The zero-order valence-electron chi connectivity index (χ0n) is 8.65. The van der Waals surface area contributed by atoms with Crippen LogP contribution in [-0.4, -0.2) is 26.4 Å². The highest BCUT2D eigenvalue weighted by Crippen LogP contribution is 1.98. The molecule has 0 saturated carbocycles. The van der Waals surface area contributed by atoms with Crippen molar-refractivity contribution >= 4 is 6.21 Å². The molecule has 0 radical (unpaired) electrons. The maximum Gasteiger partial charge on any atom is 0.0277 e. The van der Waals surface area contributed by atoms with E-state index in [-0.39, 0.29) is 0 Å². The molecule has 0 atom stereocenters.